The number of nitrogens with one attached hydrogen (secondary N) is 1. The molecule has 162 valence electrons. The lowest BCUT2D eigenvalue weighted by molar-refractivity contribution is -0.118. The molecule has 0 aliphatic rings. The lowest BCUT2D eigenvalue weighted by Gasteiger charge is -2.09. The third-order valence-electron chi connectivity index (χ3n) is 4.85. The van der Waals surface area contributed by atoms with Crippen molar-refractivity contribution in [3.05, 3.63) is 88.9 Å². The molecule has 0 radical (unpaired) electrons. The fourth-order valence-corrected chi connectivity index (χ4v) is 4.17. The summed E-state index contributed by atoms with van der Waals surface area (Å²) in [6.45, 7) is 2.35. The van der Waals surface area contributed by atoms with Crippen molar-refractivity contribution in [1.82, 2.24) is 15.0 Å². The first kappa shape index (κ1) is 21.9. The van der Waals surface area contributed by atoms with Crippen molar-refractivity contribution < 1.29 is 9.90 Å². The first-order chi connectivity index (χ1) is 15.5. The second-order valence-electron chi connectivity index (χ2n) is 7.13. The van der Waals surface area contributed by atoms with Crippen molar-refractivity contribution in [1.29, 1.82) is 0 Å². The molecule has 8 heteroatoms. The molecule has 0 bridgehead atoms. The molecular weight excluding hydrogens is 444 g/mol. The number of carbonyl (C=O) groups is 1. The van der Waals surface area contributed by atoms with Gasteiger partial charge in [-0.25, -0.2) is 10.4 Å². The number of imidazole rings is 1. The lowest BCUT2D eigenvalue weighted by atomic mass is 10.1. The minimum absolute atomic E-state index is 0.119. The number of aromatic nitrogens is 2. The van der Waals surface area contributed by atoms with E-state index in [1.807, 2.05) is 48.5 Å². The summed E-state index contributed by atoms with van der Waals surface area (Å²) in [5, 5.41) is 15.5. The average Bonchev–Trinajstić information content (AvgIpc) is 3.15. The maximum absolute atomic E-state index is 12.4. The molecule has 0 saturated carbocycles. The van der Waals surface area contributed by atoms with Gasteiger partial charge in [0.05, 0.1) is 29.0 Å². The van der Waals surface area contributed by atoms with Crippen molar-refractivity contribution in [3.8, 4) is 5.75 Å². The van der Waals surface area contributed by atoms with Crippen molar-refractivity contribution >= 4 is 46.0 Å². The molecule has 0 unspecified atom stereocenters. The monoisotopic (exact) mass is 464 g/mol. The number of rotatable bonds is 7. The highest BCUT2D eigenvalue weighted by molar-refractivity contribution is 7.99. The molecule has 32 heavy (non-hydrogen) atoms. The molecule has 0 aliphatic carbocycles. The van der Waals surface area contributed by atoms with Gasteiger partial charge in [-0.2, -0.15) is 5.10 Å². The maximum Gasteiger partial charge on any atom is 0.250 e. The van der Waals surface area contributed by atoms with Gasteiger partial charge in [-0.1, -0.05) is 59.8 Å². The number of aromatic hydroxyl groups is 1. The van der Waals surface area contributed by atoms with Gasteiger partial charge in [0.1, 0.15) is 5.75 Å². The molecule has 0 atom stereocenters. The highest BCUT2D eigenvalue weighted by atomic mass is 35.5. The SMILES string of the molecule is C/C(=N/NC(=O)CSc1nc2ccccc2n1Cc1ccc(Cl)cc1)c1ccccc1O. The zero-order valence-corrected chi connectivity index (χ0v) is 18.9. The summed E-state index contributed by atoms with van der Waals surface area (Å²) in [7, 11) is 0. The van der Waals surface area contributed by atoms with Crippen LogP contribution < -0.4 is 5.43 Å². The Morgan fingerprint density at radius 1 is 1.09 bits per heavy atom. The van der Waals surface area contributed by atoms with E-state index in [4.69, 9.17) is 16.6 Å². The number of fused-ring (bicyclic) bond motifs is 1. The third kappa shape index (κ3) is 5.12. The van der Waals surface area contributed by atoms with Gasteiger partial charge in [0.2, 0.25) is 0 Å². The number of phenolic OH excluding ortho intramolecular Hbond substituents is 1. The molecule has 1 heterocycles. The van der Waals surface area contributed by atoms with Gasteiger partial charge in [-0.3, -0.25) is 4.79 Å². The summed E-state index contributed by atoms with van der Waals surface area (Å²) in [5.74, 6) is 0.0183. The van der Waals surface area contributed by atoms with E-state index in [2.05, 4.69) is 15.1 Å². The van der Waals surface area contributed by atoms with Crippen LogP contribution in [0.15, 0.2) is 83.1 Å². The average molecular weight is 465 g/mol. The Balaban J connectivity index is 1.48. The fraction of sp³-hybridized carbons (Fsp3) is 0.125. The Hall–Kier alpha value is -3.29. The number of hydrogen-bond donors (Lipinski definition) is 2. The number of para-hydroxylation sites is 3. The number of hydrazone groups is 1. The van der Waals surface area contributed by atoms with Crippen LogP contribution in [0.5, 0.6) is 5.75 Å². The van der Waals surface area contributed by atoms with Crippen molar-refractivity contribution in [2.45, 2.75) is 18.6 Å². The summed E-state index contributed by atoms with van der Waals surface area (Å²) in [6.07, 6.45) is 0. The van der Waals surface area contributed by atoms with E-state index in [0.717, 1.165) is 21.8 Å². The highest BCUT2D eigenvalue weighted by Crippen LogP contribution is 2.25. The molecule has 4 aromatic rings. The summed E-state index contributed by atoms with van der Waals surface area (Å²) < 4.78 is 2.09. The number of nitrogens with zero attached hydrogens (tertiary/aromatic N) is 3. The van der Waals surface area contributed by atoms with Crippen LogP contribution in [0.2, 0.25) is 5.02 Å². The molecule has 0 aliphatic heterocycles. The number of benzene rings is 3. The largest absolute Gasteiger partial charge is 0.507 e. The van der Waals surface area contributed by atoms with Crippen LogP contribution in [0, 0.1) is 0 Å². The minimum atomic E-state index is -0.255. The number of thioether (sulfide) groups is 1. The van der Waals surface area contributed by atoms with E-state index in [-0.39, 0.29) is 17.4 Å². The van der Waals surface area contributed by atoms with Crippen molar-refractivity contribution in [2.75, 3.05) is 5.75 Å². The molecule has 1 amide bonds. The van der Waals surface area contributed by atoms with E-state index in [1.54, 1.807) is 31.2 Å². The maximum atomic E-state index is 12.4. The van der Waals surface area contributed by atoms with Crippen LogP contribution in [-0.2, 0) is 11.3 Å². The predicted octanol–water partition coefficient (Wildman–Crippen LogP) is 5.08. The van der Waals surface area contributed by atoms with Crippen LogP contribution in [0.4, 0.5) is 0 Å². The van der Waals surface area contributed by atoms with E-state index in [9.17, 15) is 9.90 Å². The summed E-state index contributed by atoms with van der Waals surface area (Å²) in [4.78, 5) is 17.1. The molecule has 4 rings (SSSR count). The number of carbonyl (C=O) groups excluding carboxylic acids is 1. The molecule has 0 fully saturated rings. The van der Waals surface area contributed by atoms with Crippen molar-refractivity contribution in [3.63, 3.8) is 0 Å². The number of hydrogen-bond acceptors (Lipinski definition) is 5. The first-order valence-corrected chi connectivity index (χ1v) is 11.3. The van der Waals surface area contributed by atoms with E-state index in [1.165, 1.54) is 11.8 Å². The summed E-state index contributed by atoms with van der Waals surface area (Å²) >= 11 is 7.36. The van der Waals surface area contributed by atoms with Gasteiger partial charge in [0, 0.05) is 10.6 Å². The van der Waals surface area contributed by atoms with Gasteiger partial charge in [0.25, 0.3) is 5.91 Å². The Bertz CT molecular complexity index is 1280. The smallest absolute Gasteiger partial charge is 0.250 e. The van der Waals surface area contributed by atoms with E-state index < -0.39 is 0 Å². The standard InChI is InChI=1S/C24H21ClN4O2S/c1-16(19-6-2-5-9-22(19)30)27-28-23(31)15-32-24-26-20-7-3-4-8-21(20)29(24)14-17-10-12-18(25)13-11-17/h2-13,30H,14-15H2,1H3,(H,28,31)/b27-16-. The van der Waals surface area contributed by atoms with E-state index >= 15 is 0 Å². The molecule has 2 N–H and O–H groups in total. The predicted molar refractivity (Wildman–Crippen MR) is 129 cm³/mol. The van der Waals surface area contributed by atoms with Crippen LogP contribution >= 0.6 is 23.4 Å². The highest BCUT2D eigenvalue weighted by Gasteiger charge is 2.13. The lowest BCUT2D eigenvalue weighted by Crippen LogP contribution is -2.21. The molecule has 1 aromatic heterocycles. The number of halogens is 1. The Morgan fingerprint density at radius 2 is 1.81 bits per heavy atom. The second kappa shape index (κ2) is 9.89. The summed E-state index contributed by atoms with van der Waals surface area (Å²) in [5.41, 5.74) is 6.61. The van der Waals surface area contributed by atoms with Gasteiger partial charge < -0.3 is 9.67 Å². The van der Waals surface area contributed by atoms with Gasteiger partial charge in [0.15, 0.2) is 5.16 Å². The van der Waals surface area contributed by atoms with Crippen LogP contribution in [0.1, 0.15) is 18.1 Å². The molecule has 3 aromatic carbocycles. The van der Waals surface area contributed by atoms with Crippen LogP contribution in [0.25, 0.3) is 11.0 Å². The number of phenols is 1. The zero-order chi connectivity index (χ0) is 22.5. The Labute approximate surface area is 194 Å². The Morgan fingerprint density at radius 3 is 2.59 bits per heavy atom. The fourth-order valence-electron chi connectivity index (χ4n) is 3.24. The second-order valence-corrected chi connectivity index (χ2v) is 8.51. The van der Waals surface area contributed by atoms with Crippen LogP contribution in [-0.4, -0.2) is 32.0 Å². The normalized spacial score (nSPS) is 11.6. The molecule has 6 nitrogen and oxygen atoms in total. The van der Waals surface area contributed by atoms with Crippen LogP contribution in [0.3, 0.4) is 0 Å². The quantitative estimate of drug-likeness (QED) is 0.227. The topological polar surface area (TPSA) is 79.5 Å². The van der Waals surface area contributed by atoms with Gasteiger partial charge in [-0.05, 0) is 48.9 Å². The number of amides is 1. The molecular formula is C24H21ClN4O2S. The first-order valence-electron chi connectivity index (χ1n) is 9.95. The van der Waals surface area contributed by atoms with E-state index in [0.29, 0.717) is 22.8 Å². The molecule has 0 saturated heterocycles. The summed E-state index contributed by atoms with van der Waals surface area (Å²) in [6, 6.07) is 22.4. The Kier molecular flexibility index (Phi) is 6.78. The third-order valence-corrected chi connectivity index (χ3v) is 6.08. The molecule has 0 spiro atoms. The van der Waals surface area contributed by atoms with Gasteiger partial charge in [-0.15, -0.1) is 0 Å². The van der Waals surface area contributed by atoms with Crippen molar-refractivity contribution in [2.24, 2.45) is 5.10 Å². The van der Waals surface area contributed by atoms with Gasteiger partial charge >= 0.3 is 0 Å². The minimum Gasteiger partial charge on any atom is -0.507 e. The zero-order valence-electron chi connectivity index (χ0n) is 17.3.